The Morgan fingerprint density at radius 1 is 1.06 bits per heavy atom. The molecule has 0 spiro atoms. The van der Waals surface area contributed by atoms with Crippen LogP contribution in [0.3, 0.4) is 0 Å². The number of ether oxygens (including phenoxy) is 1. The number of sulfonamides is 1. The molecule has 8 nitrogen and oxygen atoms in total. The van der Waals surface area contributed by atoms with Gasteiger partial charge in [0.15, 0.2) is 0 Å². The highest BCUT2D eigenvalue weighted by Crippen LogP contribution is 2.38. The molecular formula is C25H25FN2O6S. The van der Waals surface area contributed by atoms with Crippen molar-refractivity contribution in [3.05, 3.63) is 95.8 Å². The van der Waals surface area contributed by atoms with E-state index in [9.17, 15) is 27.9 Å². The van der Waals surface area contributed by atoms with Crippen molar-refractivity contribution in [1.29, 1.82) is 0 Å². The Morgan fingerprint density at radius 3 is 2.34 bits per heavy atom. The second kappa shape index (κ2) is 10.1. The Morgan fingerprint density at radius 2 is 1.71 bits per heavy atom. The van der Waals surface area contributed by atoms with Crippen molar-refractivity contribution in [2.24, 2.45) is 0 Å². The van der Waals surface area contributed by atoms with Gasteiger partial charge in [-0.15, -0.1) is 0 Å². The van der Waals surface area contributed by atoms with Crippen LogP contribution < -0.4 is 10.2 Å². The van der Waals surface area contributed by atoms with Crippen LogP contribution in [0.4, 0.5) is 4.39 Å². The van der Waals surface area contributed by atoms with Crippen LogP contribution in [-0.4, -0.2) is 41.5 Å². The van der Waals surface area contributed by atoms with Crippen molar-refractivity contribution in [1.82, 2.24) is 9.79 Å². The summed E-state index contributed by atoms with van der Waals surface area (Å²) in [5.41, 5.74) is 1.41. The van der Waals surface area contributed by atoms with Gasteiger partial charge in [-0.25, -0.2) is 18.3 Å². The molecule has 3 N–H and O–H groups in total. The summed E-state index contributed by atoms with van der Waals surface area (Å²) < 4.78 is 46.5. The van der Waals surface area contributed by atoms with Gasteiger partial charge in [-0.1, -0.05) is 42.5 Å². The van der Waals surface area contributed by atoms with Crippen LogP contribution in [0, 0.1) is 5.82 Å². The summed E-state index contributed by atoms with van der Waals surface area (Å²) >= 11 is 0. The molecule has 1 unspecified atom stereocenters. The molecule has 1 heterocycles. The van der Waals surface area contributed by atoms with Crippen molar-refractivity contribution in [3.8, 4) is 5.75 Å². The molecule has 3 aromatic rings. The summed E-state index contributed by atoms with van der Waals surface area (Å²) in [6, 6.07) is 18.9. The molecule has 35 heavy (non-hydrogen) atoms. The van der Waals surface area contributed by atoms with Gasteiger partial charge < -0.3 is 9.84 Å². The smallest absolute Gasteiger partial charge is 0.261 e. The third kappa shape index (κ3) is 5.35. The van der Waals surface area contributed by atoms with Crippen molar-refractivity contribution < 1.29 is 32.7 Å². The molecule has 1 aliphatic heterocycles. The lowest BCUT2D eigenvalue weighted by Gasteiger charge is -2.42. The second-order valence-corrected chi connectivity index (χ2v) is 10.2. The highest BCUT2D eigenvalue weighted by atomic mass is 32.2. The van der Waals surface area contributed by atoms with Gasteiger partial charge in [-0.2, -0.15) is 4.31 Å². The Labute approximate surface area is 202 Å². The van der Waals surface area contributed by atoms with Gasteiger partial charge in [0.2, 0.25) is 10.0 Å². The third-order valence-electron chi connectivity index (χ3n) is 6.10. The second-order valence-electron chi connectivity index (χ2n) is 8.35. The molecule has 0 bridgehead atoms. The number of carbonyl (C=O) groups is 1. The third-order valence-corrected chi connectivity index (χ3v) is 8.02. The van der Waals surface area contributed by atoms with E-state index in [4.69, 9.17) is 4.74 Å². The van der Waals surface area contributed by atoms with E-state index in [1.54, 1.807) is 42.5 Å². The molecule has 1 aliphatic rings. The van der Waals surface area contributed by atoms with E-state index in [0.717, 1.165) is 9.87 Å². The molecule has 1 saturated heterocycles. The Balaban J connectivity index is 1.52. The number of benzene rings is 3. The number of piperidine rings is 1. The van der Waals surface area contributed by atoms with Gasteiger partial charge in [0, 0.05) is 13.0 Å². The zero-order chi connectivity index (χ0) is 25.1. The maximum atomic E-state index is 13.4. The Kier molecular flexibility index (Phi) is 7.18. The minimum Gasteiger partial charge on any atom is -0.489 e. The summed E-state index contributed by atoms with van der Waals surface area (Å²) in [5, 5.41) is 20.4. The van der Waals surface area contributed by atoms with E-state index >= 15 is 0 Å². The van der Waals surface area contributed by atoms with Gasteiger partial charge in [0.05, 0.1) is 10.5 Å². The molecule has 0 aliphatic carbocycles. The van der Waals surface area contributed by atoms with Crippen LogP contribution in [0.15, 0.2) is 83.8 Å². The van der Waals surface area contributed by atoms with Crippen LogP contribution in [-0.2, 0) is 27.0 Å². The van der Waals surface area contributed by atoms with Crippen molar-refractivity contribution in [2.75, 3.05) is 6.54 Å². The predicted octanol–water partition coefficient (Wildman–Crippen LogP) is 2.95. The monoisotopic (exact) mass is 500 g/mol. The van der Waals surface area contributed by atoms with Crippen molar-refractivity contribution >= 4 is 15.9 Å². The number of amides is 1. The van der Waals surface area contributed by atoms with Crippen molar-refractivity contribution in [2.45, 2.75) is 36.0 Å². The number of rotatable bonds is 7. The fraction of sp³-hybridized carbons (Fsp3) is 0.240. The van der Waals surface area contributed by atoms with Gasteiger partial charge in [0.1, 0.15) is 24.2 Å². The average Bonchev–Trinajstić information content (AvgIpc) is 2.88. The number of nitrogens with zero attached hydrogens (tertiary/aromatic N) is 1. The number of aliphatic hydroxyl groups is 1. The highest BCUT2D eigenvalue weighted by Gasteiger charge is 2.47. The van der Waals surface area contributed by atoms with Crippen LogP contribution in [0.1, 0.15) is 24.0 Å². The van der Waals surface area contributed by atoms with Crippen molar-refractivity contribution in [3.63, 3.8) is 0 Å². The topological polar surface area (TPSA) is 116 Å². The standard InChI is InChI=1S/C25H25FN2O6S/c26-20-8-6-18(7-9-20)17-34-21-10-12-22(13-11-21)35(32,33)28-15-14-25(30,16-23(28)24(29)27-31)19-4-2-1-3-5-19/h1-13,23,30-31H,14-17H2,(H,27,29)/t23-,25?/m1/s1. The largest absolute Gasteiger partial charge is 0.489 e. The fourth-order valence-corrected chi connectivity index (χ4v) is 5.75. The quantitative estimate of drug-likeness (QED) is 0.339. The lowest BCUT2D eigenvalue weighted by atomic mass is 9.81. The van der Waals surface area contributed by atoms with Gasteiger partial charge in [0.25, 0.3) is 5.91 Å². The SMILES string of the molecule is O=C(NO)[C@H]1CC(O)(c2ccccc2)CCN1S(=O)(=O)c1ccc(OCc2ccc(F)cc2)cc1. The maximum Gasteiger partial charge on any atom is 0.261 e. The zero-order valence-corrected chi connectivity index (χ0v) is 19.5. The van der Waals surface area contributed by atoms with Crippen LogP contribution in [0.25, 0.3) is 0 Å². The predicted molar refractivity (Wildman–Crippen MR) is 124 cm³/mol. The summed E-state index contributed by atoms with van der Waals surface area (Å²) in [4.78, 5) is 12.4. The van der Waals surface area contributed by atoms with Crippen LogP contribution in [0.5, 0.6) is 5.75 Å². The van der Waals surface area contributed by atoms with Crippen LogP contribution >= 0.6 is 0 Å². The molecule has 10 heteroatoms. The molecule has 184 valence electrons. The lowest BCUT2D eigenvalue weighted by Crippen LogP contribution is -2.56. The summed E-state index contributed by atoms with van der Waals surface area (Å²) in [5.74, 6) is -0.867. The van der Waals surface area contributed by atoms with E-state index in [0.29, 0.717) is 11.3 Å². The van der Waals surface area contributed by atoms with Gasteiger partial charge in [-0.05, 0) is 53.9 Å². The Hall–Kier alpha value is -3.31. The molecule has 4 rings (SSSR count). The van der Waals surface area contributed by atoms with E-state index in [-0.39, 0.29) is 36.7 Å². The number of halogens is 1. The number of carbonyl (C=O) groups excluding carboxylic acids is 1. The summed E-state index contributed by atoms with van der Waals surface area (Å²) in [6.45, 7) is 0.0456. The first kappa shape index (κ1) is 24.8. The van der Waals surface area contributed by atoms with Gasteiger partial charge >= 0.3 is 0 Å². The number of hydrogen-bond acceptors (Lipinski definition) is 6. The number of hydroxylamine groups is 1. The molecule has 1 fully saturated rings. The van der Waals surface area contributed by atoms with E-state index in [1.165, 1.54) is 41.9 Å². The van der Waals surface area contributed by atoms with E-state index in [2.05, 4.69) is 0 Å². The first-order valence-electron chi connectivity index (χ1n) is 10.9. The number of hydrogen-bond donors (Lipinski definition) is 3. The first-order valence-corrected chi connectivity index (χ1v) is 12.4. The zero-order valence-electron chi connectivity index (χ0n) is 18.7. The summed E-state index contributed by atoms with van der Waals surface area (Å²) in [7, 11) is -4.13. The normalized spacial score (nSPS) is 20.8. The molecule has 2 atom stereocenters. The van der Waals surface area contributed by atoms with E-state index in [1.807, 2.05) is 0 Å². The highest BCUT2D eigenvalue weighted by molar-refractivity contribution is 7.89. The maximum absolute atomic E-state index is 13.4. The molecule has 0 aromatic heterocycles. The molecular weight excluding hydrogens is 475 g/mol. The Bertz CT molecular complexity index is 1270. The average molecular weight is 501 g/mol. The minimum absolute atomic E-state index is 0.0625. The number of nitrogens with one attached hydrogen (secondary N) is 1. The minimum atomic E-state index is -4.13. The molecule has 1 amide bonds. The lowest BCUT2D eigenvalue weighted by molar-refractivity contribution is -0.138. The molecule has 0 radical (unpaired) electrons. The molecule has 0 saturated carbocycles. The molecule has 3 aromatic carbocycles. The van der Waals surface area contributed by atoms with Crippen LogP contribution in [0.2, 0.25) is 0 Å². The first-order chi connectivity index (χ1) is 16.7. The summed E-state index contributed by atoms with van der Waals surface area (Å²) in [6.07, 6.45) is -0.147. The fourth-order valence-electron chi connectivity index (χ4n) is 4.16. The van der Waals surface area contributed by atoms with E-state index < -0.39 is 27.6 Å². The van der Waals surface area contributed by atoms with Gasteiger partial charge in [-0.3, -0.25) is 10.0 Å².